The number of unbranched alkanes of at least 4 members (excludes halogenated alkanes) is 2. The summed E-state index contributed by atoms with van der Waals surface area (Å²) in [6.45, 7) is 6.56. The Hall–Kier alpha value is -1.68. The molecule has 1 rings (SSSR count). The number of allylic oxidation sites excluding steroid dienone is 1. The molecule has 0 saturated carbocycles. The highest BCUT2D eigenvalue weighted by atomic mass is 16.5. The van der Waals surface area contributed by atoms with E-state index in [1.54, 1.807) is 7.11 Å². The van der Waals surface area contributed by atoms with Crippen LogP contribution in [-0.4, -0.2) is 7.11 Å². The van der Waals surface area contributed by atoms with Crippen LogP contribution in [0.3, 0.4) is 0 Å². The first-order valence-electron chi connectivity index (χ1n) is 7.02. The normalized spacial score (nSPS) is 11.1. The lowest BCUT2D eigenvalue weighted by Crippen LogP contribution is -1.91. The van der Waals surface area contributed by atoms with Gasteiger partial charge >= 0.3 is 0 Å². The van der Waals surface area contributed by atoms with Gasteiger partial charge in [0.1, 0.15) is 5.75 Å². The number of hydrogen-bond acceptors (Lipinski definition) is 1. The fourth-order valence-corrected chi connectivity index (χ4v) is 1.66. The number of ether oxygens (including phenoxy) is 1. The van der Waals surface area contributed by atoms with Crippen LogP contribution in [0.5, 0.6) is 5.75 Å². The molecule has 1 heteroatoms. The van der Waals surface area contributed by atoms with Crippen molar-refractivity contribution in [1.29, 1.82) is 0 Å². The summed E-state index contributed by atoms with van der Waals surface area (Å²) in [6.07, 6.45) is 5.54. The molecule has 0 spiro atoms. The molecule has 0 bridgehead atoms. The van der Waals surface area contributed by atoms with Gasteiger partial charge in [-0.15, -0.1) is 0 Å². The molecule has 0 unspecified atom stereocenters. The molecule has 0 aliphatic rings. The number of hydrogen-bond donors (Lipinski definition) is 0. The van der Waals surface area contributed by atoms with Crippen molar-refractivity contribution in [3.8, 4) is 17.6 Å². The maximum absolute atomic E-state index is 5.16. The molecular formula is C18H24O. The summed E-state index contributed by atoms with van der Waals surface area (Å²) < 4.78 is 5.16. The summed E-state index contributed by atoms with van der Waals surface area (Å²) >= 11 is 0. The molecule has 0 saturated heterocycles. The molecule has 0 aromatic heterocycles. The molecule has 0 amide bonds. The average Bonchev–Trinajstić information content (AvgIpc) is 2.42. The third-order valence-corrected chi connectivity index (χ3v) is 2.95. The van der Waals surface area contributed by atoms with Gasteiger partial charge in [-0.1, -0.05) is 51.2 Å². The zero-order valence-corrected chi connectivity index (χ0v) is 12.5. The van der Waals surface area contributed by atoms with Crippen molar-refractivity contribution in [1.82, 2.24) is 0 Å². The van der Waals surface area contributed by atoms with E-state index in [0.29, 0.717) is 5.92 Å². The Morgan fingerprint density at radius 1 is 1.26 bits per heavy atom. The van der Waals surface area contributed by atoms with Gasteiger partial charge in [0.2, 0.25) is 0 Å². The van der Waals surface area contributed by atoms with E-state index in [2.05, 4.69) is 50.8 Å². The van der Waals surface area contributed by atoms with Crippen LogP contribution < -0.4 is 4.74 Å². The van der Waals surface area contributed by atoms with Gasteiger partial charge in [0.25, 0.3) is 0 Å². The van der Waals surface area contributed by atoms with Crippen molar-refractivity contribution < 1.29 is 4.74 Å². The van der Waals surface area contributed by atoms with Crippen molar-refractivity contribution in [2.75, 3.05) is 7.11 Å². The highest BCUT2D eigenvalue weighted by Crippen LogP contribution is 2.17. The fourth-order valence-electron chi connectivity index (χ4n) is 1.66. The first-order chi connectivity index (χ1) is 9.17. The van der Waals surface area contributed by atoms with Gasteiger partial charge in [0.05, 0.1) is 7.11 Å². The van der Waals surface area contributed by atoms with E-state index >= 15 is 0 Å². The van der Waals surface area contributed by atoms with Crippen LogP contribution in [0.25, 0.3) is 6.08 Å². The van der Waals surface area contributed by atoms with Crippen LogP contribution in [0.2, 0.25) is 0 Å². The van der Waals surface area contributed by atoms with Crippen LogP contribution in [0, 0.1) is 17.8 Å². The molecule has 0 aliphatic heterocycles. The predicted molar refractivity (Wildman–Crippen MR) is 83.1 cm³/mol. The maximum Gasteiger partial charge on any atom is 0.118 e. The standard InChI is InChI=1S/C18H24O/c1-5-6-7-8-9-17(15(2)3)14-16-10-12-18(19-4)13-11-16/h10-15H,5-7H2,1-4H3/b17-14-. The zero-order chi connectivity index (χ0) is 14.1. The maximum atomic E-state index is 5.16. The van der Waals surface area contributed by atoms with E-state index in [1.807, 2.05) is 12.1 Å². The minimum atomic E-state index is 0.455. The second kappa shape index (κ2) is 8.43. The quantitative estimate of drug-likeness (QED) is 0.536. The molecule has 0 N–H and O–H groups in total. The molecule has 102 valence electrons. The third kappa shape index (κ3) is 5.66. The van der Waals surface area contributed by atoms with Crippen molar-refractivity contribution in [2.24, 2.45) is 5.92 Å². The van der Waals surface area contributed by atoms with Crippen LogP contribution in [0.4, 0.5) is 0 Å². The van der Waals surface area contributed by atoms with Crippen LogP contribution in [0.15, 0.2) is 29.8 Å². The first-order valence-corrected chi connectivity index (χ1v) is 7.02. The van der Waals surface area contributed by atoms with Gasteiger partial charge in [-0.3, -0.25) is 0 Å². The first kappa shape index (κ1) is 15.4. The Kier molecular flexibility index (Phi) is 6.82. The lowest BCUT2D eigenvalue weighted by molar-refractivity contribution is 0.415. The minimum Gasteiger partial charge on any atom is -0.497 e. The average molecular weight is 256 g/mol. The van der Waals surface area contributed by atoms with Gasteiger partial charge in [-0.25, -0.2) is 0 Å². The molecular weight excluding hydrogens is 232 g/mol. The van der Waals surface area contributed by atoms with Gasteiger partial charge in [-0.05, 0) is 36.1 Å². The predicted octanol–water partition coefficient (Wildman–Crippen LogP) is 4.93. The van der Waals surface area contributed by atoms with Gasteiger partial charge in [0, 0.05) is 12.0 Å². The largest absolute Gasteiger partial charge is 0.497 e. The van der Waals surface area contributed by atoms with Crippen LogP contribution in [0.1, 0.15) is 45.6 Å². The molecule has 0 radical (unpaired) electrons. The SMILES string of the molecule is CCCCC#C/C(=C/c1ccc(OC)cc1)C(C)C. The van der Waals surface area contributed by atoms with E-state index in [-0.39, 0.29) is 0 Å². The van der Waals surface area contributed by atoms with Gasteiger partial charge < -0.3 is 4.74 Å². The topological polar surface area (TPSA) is 9.23 Å². The summed E-state index contributed by atoms with van der Waals surface area (Å²) in [5, 5.41) is 0. The van der Waals surface area contributed by atoms with E-state index in [9.17, 15) is 0 Å². The summed E-state index contributed by atoms with van der Waals surface area (Å²) in [5.74, 6) is 7.92. The van der Waals surface area contributed by atoms with E-state index < -0.39 is 0 Å². The second-order valence-corrected chi connectivity index (χ2v) is 4.93. The van der Waals surface area contributed by atoms with E-state index in [4.69, 9.17) is 4.74 Å². The molecule has 19 heavy (non-hydrogen) atoms. The third-order valence-electron chi connectivity index (χ3n) is 2.95. The van der Waals surface area contributed by atoms with Gasteiger partial charge in [0.15, 0.2) is 0 Å². The Labute approximate surface area is 117 Å². The molecule has 0 atom stereocenters. The van der Waals surface area contributed by atoms with E-state index in [1.165, 1.54) is 24.0 Å². The Morgan fingerprint density at radius 2 is 1.95 bits per heavy atom. The van der Waals surface area contributed by atoms with E-state index in [0.717, 1.165) is 12.2 Å². The lowest BCUT2D eigenvalue weighted by Gasteiger charge is -2.05. The molecule has 0 aliphatic carbocycles. The second-order valence-electron chi connectivity index (χ2n) is 4.93. The Morgan fingerprint density at radius 3 is 2.47 bits per heavy atom. The lowest BCUT2D eigenvalue weighted by atomic mass is 10.0. The van der Waals surface area contributed by atoms with Crippen molar-refractivity contribution in [3.63, 3.8) is 0 Å². The van der Waals surface area contributed by atoms with Crippen molar-refractivity contribution in [2.45, 2.75) is 40.0 Å². The van der Waals surface area contributed by atoms with Crippen LogP contribution in [-0.2, 0) is 0 Å². The summed E-state index contributed by atoms with van der Waals surface area (Å²) in [5.41, 5.74) is 2.37. The van der Waals surface area contributed by atoms with Crippen molar-refractivity contribution >= 4 is 6.08 Å². The fraction of sp³-hybridized carbons (Fsp3) is 0.444. The zero-order valence-electron chi connectivity index (χ0n) is 12.5. The number of methoxy groups -OCH3 is 1. The molecule has 1 nitrogen and oxygen atoms in total. The molecule has 1 aromatic carbocycles. The number of rotatable bonds is 5. The smallest absolute Gasteiger partial charge is 0.118 e. The highest BCUT2D eigenvalue weighted by Gasteiger charge is 2.00. The highest BCUT2D eigenvalue weighted by molar-refractivity contribution is 5.59. The molecule has 1 aromatic rings. The monoisotopic (exact) mass is 256 g/mol. The Balaban J connectivity index is 2.83. The number of benzene rings is 1. The Bertz CT molecular complexity index is 455. The van der Waals surface area contributed by atoms with Crippen LogP contribution >= 0.6 is 0 Å². The summed E-state index contributed by atoms with van der Waals surface area (Å²) in [4.78, 5) is 0. The molecule has 0 heterocycles. The van der Waals surface area contributed by atoms with Crippen molar-refractivity contribution in [3.05, 3.63) is 35.4 Å². The molecule has 0 fully saturated rings. The summed E-state index contributed by atoms with van der Waals surface area (Å²) in [7, 11) is 1.68. The summed E-state index contributed by atoms with van der Waals surface area (Å²) in [6, 6.07) is 8.09. The van der Waals surface area contributed by atoms with Gasteiger partial charge in [-0.2, -0.15) is 0 Å². The minimum absolute atomic E-state index is 0.455.